The summed E-state index contributed by atoms with van der Waals surface area (Å²) in [6.45, 7) is 4.64. The van der Waals surface area contributed by atoms with Gasteiger partial charge >= 0.3 is 0 Å². The molecule has 0 aromatic heterocycles. The van der Waals surface area contributed by atoms with E-state index in [1.807, 2.05) is 11.9 Å². The Hall–Kier alpha value is -0.610. The molecule has 0 unspecified atom stereocenters. The fourth-order valence-electron chi connectivity index (χ4n) is 5.07. The summed E-state index contributed by atoms with van der Waals surface area (Å²) in [5, 5.41) is 10.5. The predicted molar refractivity (Wildman–Crippen MR) is 96.8 cm³/mol. The lowest BCUT2D eigenvalue weighted by atomic mass is 9.85. The first-order valence-electron chi connectivity index (χ1n) is 10.2. The smallest absolute Gasteiger partial charge is 0.225 e. The van der Waals surface area contributed by atoms with Crippen molar-refractivity contribution in [3.8, 4) is 0 Å². The predicted octanol–water partition coefficient (Wildman–Crippen LogP) is 3.18. The van der Waals surface area contributed by atoms with E-state index in [-0.39, 0.29) is 5.91 Å². The largest absolute Gasteiger partial charge is 0.389 e. The van der Waals surface area contributed by atoms with Crippen molar-refractivity contribution in [2.24, 2.45) is 5.92 Å². The molecule has 1 aliphatic heterocycles. The topological polar surface area (TPSA) is 43.8 Å². The third kappa shape index (κ3) is 4.32. The van der Waals surface area contributed by atoms with Gasteiger partial charge in [-0.15, -0.1) is 0 Å². The van der Waals surface area contributed by atoms with E-state index in [0.29, 0.717) is 12.5 Å². The van der Waals surface area contributed by atoms with Gasteiger partial charge in [-0.1, -0.05) is 19.8 Å². The summed E-state index contributed by atoms with van der Waals surface area (Å²) >= 11 is 0. The minimum absolute atomic E-state index is 0.143. The van der Waals surface area contributed by atoms with Crippen molar-refractivity contribution in [2.45, 2.75) is 95.2 Å². The normalized spacial score (nSPS) is 32.0. The van der Waals surface area contributed by atoms with Crippen LogP contribution < -0.4 is 0 Å². The average molecular weight is 337 g/mol. The number of piperidine rings is 1. The van der Waals surface area contributed by atoms with Crippen LogP contribution in [0.3, 0.4) is 0 Å². The van der Waals surface area contributed by atoms with Gasteiger partial charge in [0, 0.05) is 32.2 Å². The minimum atomic E-state index is -0.717. The van der Waals surface area contributed by atoms with Gasteiger partial charge in [0.05, 0.1) is 12.0 Å². The summed E-state index contributed by atoms with van der Waals surface area (Å²) in [4.78, 5) is 17.2. The van der Waals surface area contributed by atoms with Crippen LogP contribution >= 0.6 is 0 Å². The number of amides is 1. The molecule has 3 rings (SSSR count). The second-order valence-electron chi connectivity index (χ2n) is 8.79. The number of hydrogen-bond acceptors (Lipinski definition) is 3. The van der Waals surface area contributed by atoms with Gasteiger partial charge in [-0.25, -0.2) is 0 Å². The van der Waals surface area contributed by atoms with E-state index in [4.69, 9.17) is 0 Å². The van der Waals surface area contributed by atoms with Gasteiger partial charge in [-0.05, 0) is 57.3 Å². The maximum absolute atomic E-state index is 12.6. The zero-order chi connectivity index (χ0) is 17.2. The first kappa shape index (κ1) is 18.2. The van der Waals surface area contributed by atoms with Crippen LogP contribution in [0.1, 0.15) is 77.6 Å². The molecule has 3 aliphatic rings. The molecule has 1 heterocycles. The Labute approximate surface area is 147 Å². The lowest BCUT2D eigenvalue weighted by Gasteiger charge is -2.42. The Kier molecular flexibility index (Phi) is 5.86. The molecule has 0 atom stereocenters. The third-order valence-electron chi connectivity index (χ3n) is 6.96. The summed E-state index contributed by atoms with van der Waals surface area (Å²) in [6.07, 6.45) is 11.7. The molecule has 0 spiro atoms. The molecule has 3 fully saturated rings. The Morgan fingerprint density at radius 1 is 1.08 bits per heavy atom. The van der Waals surface area contributed by atoms with Crippen molar-refractivity contribution in [1.29, 1.82) is 0 Å². The molecule has 0 aromatic rings. The summed E-state index contributed by atoms with van der Waals surface area (Å²) in [5.74, 6) is 1.05. The van der Waals surface area contributed by atoms with Crippen molar-refractivity contribution < 1.29 is 9.90 Å². The van der Waals surface area contributed by atoms with E-state index in [0.717, 1.165) is 63.6 Å². The Morgan fingerprint density at radius 2 is 1.67 bits per heavy atom. The van der Waals surface area contributed by atoms with Crippen molar-refractivity contribution >= 4 is 5.91 Å². The SMILES string of the molecule is CC1CCC(N2CCC(N(C)C(=O)CC3(O)CCCC3)CC2)CC1. The van der Waals surface area contributed by atoms with Gasteiger partial charge in [-0.3, -0.25) is 4.79 Å². The molecule has 1 saturated heterocycles. The van der Waals surface area contributed by atoms with E-state index < -0.39 is 5.60 Å². The Bertz CT molecular complexity index is 417. The van der Waals surface area contributed by atoms with Crippen LogP contribution in [0.15, 0.2) is 0 Å². The number of aliphatic hydroxyl groups is 1. The molecule has 0 radical (unpaired) electrons. The van der Waals surface area contributed by atoms with Crippen molar-refractivity contribution in [1.82, 2.24) is 9.80 Å². The molecule has 4 heteroatoms. The standard InChI is InChI=1S/C20H36N2O2/c1-16-5-7-18(8-6-16)22-13-9-17(10-14-22)21(2)19(23)15-20(24)11-3-4-12-20/h16-18,24H,3-15H2,1-2H3. The second-order valence-corrected chi connectivity index (χ2v) is 8.79. The van der Waals surface area contributed by atoms with Crippen LogP contribution in [0.2, 0.25) is 0 Å². The zero-order valence-corrected chi connectivity index (χ0v) is 15.7. The number of carbonyl (C=O) groups excluding carboxylic acids is 1. The fourth-order valence-corrected chi connectivity index (χ4v) is 5.07. The summed E-state index contributed by atoms with van der Waals surface area (Å²) in [5.41, 5.74) is -0.717. The first-order chi connectivity index (χ1) is 11.5. The lowest BCUT2D eigenvalue weighted by Crippen LogP contribution is -2.50. The van der Waals surface area contributed by atoms with E-state index in [9.17, 15) is 9.90 Å². The Morgan fingerprint density at radius 3 is 2.25 bits per heavy atom. The second kappa shape index (κ2) is 7.74. The van der Waals surface area contributed by atoms with Crippen LogP contribution in [0.5, 0.6) is 0 Å². The van der Waals surface area contributed by atoms with Crippen LogP contribution in [0.25, 0.3) is 0 Å². The molecule has 0 aromatic carbocycles. The average Bonchev–Trinajstić information content (AvgIpc) is 3.01. The molecule has 24 heavy (non-hydrogen) atoms. The molecular weight excluding hydrogens is 300 g/mol. The number of nitrogens with zero attached hydrogens (tertiary/aromatic N) is 2. The highest BCUT2D eigenvalue weighted by atomic mass is 16.3. The van der Waals surface area contributed by atoms with E-state index in [1.165, 1.54) is 25.7 Å². The number of carbonyl (C=O) groups is 1. The molecule has 2 aliphatic carbocycles. The van der Waals surface area contributed by atoms with Crippen molar-refractivity contribution in [3.05, 3.63) is 0 Å². The quantitative estimate of drug-likeness (QED) is 0.857. The molecule has 0 bridgehead atoms. The van der Waals surface area contributed by atoms with Gasteiger partial charge in [0.1, 0.15) is 0 Å². The van der Waals surface area contributed by atoms with Gasteiger partial charge in [0.25, 0.3) is 0 Å². The lowest BCUT2D eigenvalue weighted by molar-refractivity contribution is -0.138. The zero-order valence-electron chi connectivity index (χ0n) is 15.7. The minimum Gasteiger partial charge on any atom is -0.389 e. The molecule has 1 N–H and O–H groups in total. The summed E-state index contributed by atoms with van der Waals surface area (Å²) in [6, 6.07) is 1.14. The first-order valence-corrected chi connectivity index (χ1v) is 10.2. The highest BCUT2D eigenvalue weighted by Crippen LogP contribution is 2.33. The maximum Gasteiger partial charge on any atom is 0.225 e. The number of hydrogen-bond donors (Lipinski definition) is 1. The molecule has 4 nitrogen and oxygen atoms in total. The summed E-state index contributed by atoms with van der Waals surface area (Å²) in [7, 11) is 1.95. The van der Waals surface area contributed by atoms with Gasteiger partial charge in [0.2, 0.25) is 5.91 Å². The van der Waals surface area contributed by atoms with Gasteiger partial charge in [0.15, 0.2) is 0 Å². The van der Waals surface area contributed by atoms with E-state index in [2.05, 4.69) is 11.8 Å². The molecule has 138 valence electrons. The highest BCUT2D eigenvalue weighted by Gasteiger charge is 2.36. The van der Waals surface area contributed by atoms with E-state index >= 15 is 0 Å². The molecule has 2 saturated carbocycles. The van der Waals surface area contributed by atoms with Gasteiger partial charge < -0.3 is 14.9 Å². The van der Waals surface area contributed by atoms with Crippen molar-refractivity contribution in [2.75, 3.05) is 20.1 Å². The highest BCUT2D eigenvalue weighted by molar-refractivity contribution is 5.77. The maximum atomic E-state index is 12.6. The number of rotatable bonds is 4. The summed E-state index contributed by atoms with van der Waals surface area (Å²) < 4.78 is 0. The Balaban J connectivity index is 1.44. The molecule has 1 amide bonds. The van der Waals surface area contributed by atoms with Crippen LogP contribution in [-0.4, -0.2) is 58.6 Å². The third-order valence-corrected chi connectivity index (χ3v) is 6.96. The number of likely N-dealkylation sites (tertiary alicyclic amines) is 1. The van der Waals surface area contributed by atoms with Crippen LogP contribution in [0.4, 0.5) is 0 Å². The fraction of sp³-hybridized carbons (Fsp3) is 0.950. The van der Waals surface area contributed by atoms with E-state index in [1.54, 1.807) is 0 Å². The van der Waals surface area contributed by atoms with Crippen molar-refractivity contribution in [3.63, 3.8) is 0 Å². The molecular formula is C20H36N2O2. The monoisotopic (exact) mass is 336 g/mol. The van der Waals surface area contributed by atoms with Crippen LogP contribution in [-0.2, 0) is 4.79 Å². The van der Waals surface area contributed by atoms with Crippen LogP contribution in [0, 0.1) is 5.92 Å². The van der Waals surface area contributed by atoms with Gasteiger partial charge in [-0.2, -0.15) is 0 Å².